The normalized spacial score (nSPS) is 14.1. The topological polar surface area (TPSA) is 17.1 Å². The van der Waals surface area contributed by atoms with Crippen LogP contribution in [0.25, 0.3) is 0 Å². The van der Waals surface area contributed by atoms with Crippen molar-refractivity contribution >= 4 is 10.8 Å². The molecule has 0 saturated heterocycles. The zero-order valence-electron chi connectivity index (χ0n) is 9.55. The van der Waals surface area contributed by atoms with Crippen molar-refractivity contribution in [2.45, 2.75) is 44.3 Å². The Labute approximate surface area is 89.0 Å². The molecule has 0 spiro atoms. The van der Waals surface area contributed by atoms with Gasteiger partial charge in [0.05, 0.1) is 10.8 Å². The van der Waals surface area contributed by atoms with Crippen LogP contribution in [0, 0.1) is 13.8 Å². The molecule has 1 rings (SSSR count). The van der Waals surface area contributed by atoms with Crippen LogP contribution in [0.5, 0.6) is 0 Å². The molecule has 78 valence electrons. The first-order valence-electron chi connectivity index (χ1n) is 4.82. The lowest BCUT2D eigenvalue weighted by atomic mass is 10.2. The Morgan fingerprint density at radius 1 is 1.07 bits per heavy atom. The highest BCUT2D eigenvalue weighted by Crippen LogP contribution is 2.25. The van der Waals surface area contributed by atoms with Crippen molar-refractivity contribution in [1.29, 1.82) is 0 Å². The molecule has 0 radical (unpaired) electrons. The molecule has 0 aliphatic carbocycles. The third-order valence-electron chi connectivity index (χ3n) is 2.15. The third-order valence-corrected chi connectivity index (χ3v) is 4.28. The third kappa shape index (κ3) is 2.24. The van der Waals surface area contributed by atoms with Gasteiger partial charge in [-0.15, -0.1) is 0 Å². The van der Waals surface area contributed by atoms with Crippen LogP contribution in [0.2, 0.25) is 0 Å². The van der Waals surface area contributed by atoms with Crippen LogP contribution < -0.4 is 0 Å². The molecule has 0 bridgehead atoms. The molecule has 0 aliphatic rings. The maximum absolute atomic E-state index is 12.2. The van der Waals surface area contributed by atoms with E-state index in [-0.39, 0.29) is 4.75 Å². The summed E-state index contributed by atoms with van der Waals surface area (Å²) in [4.78, 5) is 1.00. The van der Waals surface area contributed by atoms with Gasteiger partial charge in [0, 0.05) is 9.64 Å². The van der Waals surface area contributed by atoms with Gasteiger partial charge in [-0.05, 0) is 45.7 Å². The van der Waals surface area contributed by atoms with Gasteiger partial charge in [-0.2, -0.15) is 0 Å². The molecule has 0 aliphatic heterocycles. The molecule has 1 atom stereocenters. The molecule has 1 unspecified atom stereocenters. The summed E-state index contributed by atoms with van der Waals surface area (Å²) < 4.78 is 12.0. The van der Waals surface area contributed by atoms with Crippen LogP contribution in [0.4, 0.5) is 0 Å². The number of hydrogen-bond donors (Lipinski definition) is 0. The van der Waals surface area contributed by atoms with Gasteiger partial charge in [-0.3, -0.25) is 4.21 Å². The number of benzene rings is 1. The highest BCUT2D eigenvalue weighted by molar-refractivity contribution is 7.86. The lowest BCUT2D eigenvalue weighted by molar-refractivity contribution is 0.647. The summed E-state index contributed by atoms with van der Waals surface area (Å²) in [6.07, 6.45) is 0. The molecule has 1 aromatic carbocycles. The van der Waals surface area contributed by atoms with E-state index < -0.39 is 10.8 Å². The van der Waals surface area contributed by atoms with E-state index in [1.807, 2.05) is 52.8 Å². The molecule has 0 fully saturated rings. The minimum Gasteiger partial charge on any atom is -0.254 e. The van der Waals surface area contributed by atoms with E-state index in [0.717, 1.165) is 16.0 Å². The zero-order chi connectivity index (χ0) is 10.9. The van der Waals surface area contributed by atoms with Crippen molar-refractivity contribution in [3.05, 3.63) is 29.3 Å². The molecule has 2 heteroatoms. The molecule has 0 amide bonds. The second-order valence-corrected chi connectivity index (χ2v) is 6.77. The molecule has 14 heavy (non-hydrogen) atoms. The Balaban J connectivity index is 3.26. The minimum atomic E-state index is -0.924. The lowest BCUT2D eigenvalue weighted by Gasteiger charge is -2.20. The quantitative estimate of drug-likeness (QED) is 0.695. The standard InChI is InChI=1S/C12H18OS/c1-9-7-6-8-10(2)11(9)14(13)12(3,4)5/h6-8H,1-5H3. The van der Waals surface area contributed by atoms with E-state index in [1.54, 1.807) is 0 Å². The van der Waals surface area contributed by atoms with Crippen LogP contribution in [0.15, 0.2) is 23.1 Å². The van der Waals surface area contributed by atoms with Crippen LogP contribution >= 0.6 is 0 Å². The molecule has 0 saturated carbocycles. The van der Waals surface area contributed by atoms with Crippen LogP contribution in [0.3, 0.4) is 0 Å². The average Bonchev–Trinajstić information content (AvgIpc) is 2.01. The maximum atomic E-state index is 12.2. The maximum Gasteiger partial charge on any atom is 0.0589 e. The van der Waals surface area contributed by atoms with E-state index in [4.69, 9.17) is 0 Å². The van der Waals surface area contributed by atoms with E-state index >= 15 is 0 Å². The van der Waals surface area contributed by atoms with Crippen molar-refractivity contribution in [2.75, 3.05) is 0 Å². The second kappa shape index (κ2) is 3.85. The Morgan fingerprint density at radius 3 is 1.86 bits per heavy atom. The van der Waals surface area contributed by atoms with Gasteiger partial charge in [-0.1, -0.05) is 18.2 Å². The van der Waals surface area contributed by atoms with Crippen LogP contribution in [-0.2, 0) is 10.8 Å². The summed E-state index contributed by atoms with van der Waals surface area (Å²) in [7, 11) is -0.924. The first-order valence-corrected chi connectivity index (χ1v) is 5.97. The fraction of sp³-hybridized carbons (Fsp3) is 0.500. The van der Waals surface area contributed by atoms with Crippen LogP contribution in [-0.4, -0.2) is 8.96 Å². The molecule has 0 heterocycles. The Morgan fingerprint density at radius 2 is 1.50 bits per heavy atom. The fourth-order valence-corrected chi connectivity index (χ4v) is 2.73. The van der Waals surface area contributed by atoms with Crippen molar-refractivity contribution in [3.8, 4) is 0 Å². The number of rotatable bonds is 1. The molecular formula is C12H18OS. The van der Waals surface area contributed by atoms with Gasteiger partial charge in [0.2, 0.25) is 0 Å². The number of aryl methyl sites for hydroxylation is 2. The summed E-state index contributed by atoms with van der Waals surface area (Å²) in [5.74, 6) is 0. The summed E-state index contributed by atoms with van der Waals surface area (Å²) >= 11 is 0. The highest BCUT2D eigenvalue weighted by Gasteiger charge is 2.23. The van der Waals surface area contributed by atoms with Crippen molar-refractivity contribution in [1.82, 2.24) is 0 Å². The number of hydrogen-bond acceptors (Lipinski definition) is 1. The predicted molar refractivity (Wildman–Crippen MR) is 62.1 cm³/mol. The highest BCUT2D eigenvalue weighted by atomic mass is 32.2. The van der Waals surface area contributed by atoms with Gasteiger partial charge >= 0.3 is 0 Å². The minimum absolute atomic E-state index is 0.184. The molecule has 0 N–H and O–H groups in total. The van der Waals surface area contributed by atoms with E-state index in [9.17, 15) is 4.21 Å². The largest absolute Gasteiger partial charge is 0.254 e. The Bertz CT molecular complexity index is 341. The lowest BCUT2D eigenvalue weighted by Crippen LogP contribution is -2.23. The van der Waals surface area contributed by atoms with E-state index in [0.29, 0.717) is 0 Å². The predicted octanol–water partition coefficient (Wildman–Crippen LogP) is 3.21. The molecule has 1 aromatic rings. The van der Waals surface area contributed by atoms with Crippen molar-refractivity contribution in [3.63, 3.8) is 0 Å². The van der Waals surface area contributed by atoms with Gasteiger partial charge in [0.15, 0.2) is 0 Å². The van der Waals surface area contributed by atoms with Gasteiger partial charge in [0.1, 0.15) is 0 Å². The Hall–Kier alpha value is -0.630. The first-order chi connectivity index (χ1) is 6.34. The van der Waals surface area contributed by atoms with Gasteiger partial charge in [0.25, 0.3) is 0 Å². The molecule has 1 nitrogen and oxygen atoms in total. The fourth-order valence-electron chi connectivity index (χ4n) is 1.40. The van der Waals surface area contributed by atoms with Crippen molar-refractivity contribution < 1.29 is 4.21 Å². The second-order valence-electron chi connectivity index (χ2n) is 4.60. The zero-order valence-corrected chi connectivity index (χ0v) is 10.4. The summed E-state index contributed by atoms with van der Waals surface area (Å²) in [5, 5.41) is 0. The smallest absolute Gasteiger partial charge is 0.0589 e. The molecular weight excluding hydrogens is 192 g/mol. The summed E-state index contributed by atoms with van der Waals surface area (Å²) in [6, 6.07) is 6.05. The van der Waals surface area contributed by atoms with Gasteiger partial charge < -0.3 is 0 Å². The summed E-state index contributed by atoms with van der Waals surface area (Å²) in [6.45, 7) is 10.1. The first kappa shape index (κ1) is 11.4. The van der Waals surface area contributed by atoms with Crippen molar-refractivity contribution in [2.24, 2.45) is 0 Å². The SMILES string of the molecule is Cc1cccc(C)c1S(=O)C(C)(C)C. The van der Waals surface area contributed by atoms with E-state index in [2.05, 4.69) is 0 Å². The van der Waals surface area contributed by atoms with E-state index in [1.165, 1.54) is 0 Å². The Kier molecular flexibility index (Phi) is 3.15. The van der Waals surface area contributed by atoms with Gasteiger partial charge in [-0.25, -0.2) is 0 Å². The summed E-state index contributed by atoms with van der Waals surface area (Å²) in [5.41, 5.74) is 2.25. The van der Waals surface area contributed by atoms with Crippen LogP contribution in [0.1, 0.15) is 31.9 Å². The monoisotopic (exact) mass is 210 g/mol. The molecule has 0 aromatic heterocycles. The average molecular weight is 210 g/mol.